The Bertz CT molecular complexity index is 1040. The van der Waals surface area contributed by atoms with Gasteiger partial charge in [-0.25, -0.2) is 0 Å². The van der Waals surface area contributed by atoms with Crippen molar-refractivity contribution in [3.8, 4) is 11.1 Å². The molecular weight excluding hydrogens is 427 g/mol. The van der Waals surface area contributed by atoms with Gasteiger partial charge in [-0.2, -0.15) is 0 Å². The van der Waals surface area contributed by atoms with Crippen LogP contribution in [0.4, 0.5) is 0 Å². The van der Waals surface area contributed by atoms with Crippen LogP contribution in [0.3, 0.4) is 0 Å². The van der Waals surface area contributed by atoms with Crippen LogP contribution >= 0.6 is 22.6 Å². The first-order chi connectivity index (χ1) is 12.8. The van der Waals surface area contributed by atoms with Gasteiger partial charge in [-0.05, 0) is 63.8 Å². The minimum Gasteiger partial charge on any atom is -0.0842 e. The molecule has 5 rings (SSSR count). The Morgan fingerprint density at radius 2 is 1.54 bits per heavy atom. The molecule has 0 amide bonds. The zero-order valence-electron chi connectivity index (χ0n) is 14.5. The Labute approximate surface area is 168 Å². The van der Waals surface area contributed by atoms with Gasteiger partial charge in [0.1, 0.15) is 0 Å². The summed E-state index contributed by atoms with van der Waals surface area (Å²) < 4.78 is 1.33. The van der Waals surface area contributed by atoms with E-state index in [1.807, 2.05) is 0 Å². The summed E-state index contributed by atoms with van der Waals surface area (Å²) in [4.78, 5) is 0. The van der Waals surface area contributed by atoms with Gasteiger partial charge in [-0.1, -0.05) is 90.5 Å². The van der Waals surface area contributed by atoms with Crippen molar-refractivity contribution in [2.24, 2.45) is 0 Å². The monoisotopic (exact) mass is 446 g/mol. The zero-order valence-corrected chi connectivity index (χ0v) is 16.6. The number of rotatable bonds is 2. The predicted molar refractivity (Wildman–Crippen MR) is 117 cm³/mol. The number of halogens is 1. The lowest BCUT2D eigenvalue weighted by molar-refractivity contribution is 0.692. The largest absolute Gasteiger partial charge is 0.0842 e. The van der Waals surface area contributed by atoms with E-state index in [1.165, 1.54) is 37.0 Å². The summed E-state index contributed by atoms with van der Waals surface area (Å²) in [6.07, 6.45) is 9.07. The SMILES string of the molecule is Ic1cccc2c1-c1ccccc1C2(C1=CC=CCC1)c1ccccc1. The van der Waals surface area contributed by atoms with Gasteiger partial charge in [-0.15, -0.1) is 0 Å². The third-order valence-corrected chi connectivity index (χ3v) is 6.62. The molecule has 0 saturated heterocycles. The second kappa shape index (κ2) is 6.24. The van der Waals surface area contributed by atoms with Crippen molar-refractivity contribution in [1.82, 2.24) is 0 Å². The normalized spacial score (nSPS) is 20.4. The van der Waals surface area contributed by atoms with Gasteiger partial charge in [0.05, 0.1) is 5.41 Å². The molecular formula is C25H19I. The third kappa shape index (κ3) is 2.13. The molecule has 0 nitrogen and oxygen atoms in total. The topological polar surface area (TPSA) is 0 Å². The zero-order chi connectivity index (χ0) is 17.6. The van der Waals surface area contributed by atoms with Crippen LogP contribution in [0.15, 0.2) is 96.6 Å². The number of hydrogen-bond acceptors (Lipinski definition) is 0. The first-order valence-corrected chi connectivity index (χ1v) is 10.2. The van der Waals surface area contributed by atoms with Crippen LogP contribution in [-0.2, 0) is 5.41 Å². The highest BCUT2D eigenvalue weighted by Crippen LogP contribution is 2.58. The van der Waals surface area contributed by atoms with Crippen LogP contribution in [0, 0.1) is 3.57 Å². The quantitative estimate of drug-likeness (QED) is 0.377. The molecule has 0 fully saturated rings. The van der Waals surface area contributed by atoms with Crippen molar-refractivity contribution in [2.45, 2.75) is 18.3 Å². The summed E-state index contributed by atoms with van der Waals surface area (Å²) in [6.45, 7) is 0. The van der Waals surface area contributed by atoms with Gasteiger partial charge in [-0.3, -0.25) is 0 Å². The molecule has 2 aliphatic rings. The number of hydrogen-bond donors (Lipinski definition) is 0. The number of allylic oxidation sites excluding steroid dienone is 4. The van der Waals surface area contributed by atoms with Crippen molar-refractivity contribution in [3.63, 3.8) is 0 Å². The fraction of sp³-hybridized carbons (Fsp3) is 0.120. The van der Waals surface area contributed by atoms with Gasteiger partial charge >= 0.3 is 0 Å². The first-order valence-electron chi connectivity index (χ1n) is 9.14. The Balaban J connectivity index is 1.96. The van der Waals surface area contributed by atoms with Crippen molar-refractivity contribution in [3.05, 3.63) is 117 Å². The highest BCUT2D eigenvalue weighted by Gasteiger charge is 2.47. The van der Waals surface area contributed by atoms with Gasteiger partial charge in [0.25, 0.3) is 0 Å². The third-order valence-electron chi connectivity index (χ3n) is 5.72. The van der Waals surface area contributed by atoms with Gasteiger partial charge in [0.2, 0.25) is 0 Å². The van der Waals surface area contributed by atoms with E-state index < -0.39 is 0 Å². The molecule has 0 saturated carbocycles. The number of fused-ring (bicyclic) bond motifs is 3. The molecule has 3 aromatic carbocycles. The van der Waals surface area contributed by atoms with Crippen LogP contribution in [-0.4, -0.2) is 0 Å². The Morgan fingerprint density at radius 3 is 2.35 bits per heavy atom. The van der Waals surface area contributed by atoms with E-state index in [9.17, 15) is 0 Å². The molecule has 1 atom stereocenters. The average molecular weight is 446 g/mol. The molecule has 0 bridgehead atoms. The van der Waals surface area contributed by atoms with E-state index >= 15 is 0 Å². The summed E-state index contributed by atoms with van der Waals surface area (Å²) in [5.74, 6) is 0. The van der Waals surface area contributed by atoms with Gasteiger partial charge < -0.3 is 0 Å². The summed E-state index contributed by atoms with van der Waals surface area (Å²) in [5.41, 5.74) is 8.33. The Hall–Kier alpha value is -2.13. The molecule has 1 heteroatoms. The molecule has 2 aliphatic carbocycles. The molecule has 0 N–H and O–H groups in total. The van der Waals surface area contributed by atoms with E-state index in [0.717, 1.165) is 12.8 Å². The molecule has 126 valence electrons. The standard InChI is InChI=1S/C25H19I/c26-23-17-9-16-22-24(23)20-14-7-8-15-21(20)25(22,18-10-3-1-4-11-18)19-12-5-2-6-13-19/h1-5,7-12,14-17H,6,13H2. The van der Waals surface area contributed by atoms with Gasteiger partial charge in [0, 0.05) is 9.13 Å². The van der Waals surface area contributed by atoms with Gasteiger partial charge in [0.15, 0.2) is 0 Å². The van der Waals surface area contributed by atoms with Crippen LogP contribution in [0.25, 0.3) is 11.1 Å². The smallest absolute Gasteiger partial charge is 0.0677 e. The van der Waals surface area contributed by atoms with Crippen LogP contribution in [0.2, 0.25) is 0 Å². The summed E-state index contributed by atoms with van der Waals surface area (Å²) >= 11 is 2.50. The van der Waals surface area contributed by atoms with E-state index in [0.29, 0.717) is 0 Å². The minimum absolute atomic E-state index is 0.181. The van der Waals surface area contributed by atoms with Crippen LogP contribution in [0.1, 0.15) is 29.5 Å². The summed E-state index contributed by atoms with van der Waals surface area (Å²) in [6, 6.07) is 26.8. The lowest BCUT2D eigenvalue weighted by atomic mass is 9.65. The van der Waals surface area contributed by atoms with Crippen molar-refractivity contribution in [1.29, 1.82) is 0 Å². The molecule has 0 radical (unpaired) electrons. The second-order valence-electron chi connectivity index (χ2n) is 6.98. The van der Waals surface area contributed by atoms with E-state index in [4.69, 9.17) is 0 Å². The van der Waals surface area contributed by atoms with Crippen LogP contribution < -0.4 is 0 Å². The average Bonchev–Trinajstić information content (AvgIpc) is 3.02. The van der Waals surface area contributed by atoms with E-state index in [2.05, 4.69) is 114 Å². The lowest BCUT2D eigenvalue weighted by Gasteiger charge is -2.36. The van der Waals surface area contributed by atoms with Crippen molar-refractivity contribution >= 4 is 22.6 Å². The fourth-order valence-corrected chi connectivity index (χ4v) is 5.52. The van der Waals surface area contributed by atoms with E-state index in [1.54, 1.807) is 0 Å². The maximum Gasteiger partial charge on any atom is 0.0677 e. The lowest BCUT2D eigenvalue weighted by Crippen LogP contribution is -2.30. The molecule has 0 aliphatic heterocycles. The molecule has 3 aromatic rings. The van der Waals surface area contributed by atoms with Crippen LogP contribution in [0.5, 0.6) is 0 Å². The van der Waals surface area contributed by atoms with Crippen molar-refractivity contribution < 1.29 is 0 Å². The summed E-state index contributed by atoms with van der Waals surface area (Å²) in [5, 5.41) is 0. The fourth-order valence-electron chi connectivity index (χ4n) is 4.73. The Kier molecular flexibility index (Phi) is 3.86. The molecule has 26 heavy (non-hydrogen) atoms. The highest BCUT2D eigenvalue weighted by atomic mass is 127. The number of benzene rings is 3. The van der Waals surface area contributed by atoms with E-state index in [-0.39, 0.29) is 5.41 Å². The molecule has 0 spiro atoms. The van der Waals surface area contributed by atoms with Crippen molar-refractivity contribution in [2.75, 3.05) is 0 Å². The highest BCUT2D eigenvalue weighted by molar-refractivity contribution is 14.1. The second-order valence-corrected chi connectivity index (χ2v) is 8.14. The molecule has 0 heterocycles. The molecule has 1 unspecified atom stereocenters. The Morgan fingerprint density at radius 1 is 0.769 bits per heavy atom. The maximum atomic E-state index is 2.50. The first kappa shape index (κ1) is 16.1. The minimum atomic E-state index is -0.181. The maximum absolute atomic E-state index is 2.50. The summed E-state index contributed by atoms with van der Waals surface area (Å²) in [7, 11) is 0. The molecule has 0 aromatic heterocycles. The predicted octanol–water partition coefficient (Wildman–Crippen LogP) is 6.88.